The Labute approximate surface area is 113 Å². The summed E-state index contributed by atoms with van der Waals surface area (Å²) in [6, 6.07) is 7.60. The van der Waals surface area contributed by atoms with Crippen molar-refractivity contribution in [1.29, 1.82) is 0 Å². The van der Waals surface area contributed by atoms with Gasteiger partial charge in [-0.2, -0.15) is 0 Å². The number of rotatable bonds is 5. The fourth-order valence-corrected chi connectivity index (χ4v) is 1.46. The Morgan fingerprint density at radius 3 is 2.70 bits per heavy atom. The molecule has 1 heterocycles. The molecule has 0 radical (unpaired) electrons. The maximum Gasteiger partial charge on any atom is 0.330 e. The van der Waals surface area contributed by atoms with Gasteiger partial charge in [-0.15, -0.1) is 0 Å². The van der Waals surface area contributed by atoms with Crippen molar-refractivity contribution in [2.75, 3.05) is 6.61 Å². The number of aliphatic hydroxyl groups is 1. The lowest BCUT2D eigenvalue weighted by Crippen LogP contribution is -2.22. The lowest BCUT2D eigenvalue weighted by atomic mass is 10.2. The van der Waals surface area contributed by atoms with Crippen LogP contribution < -0.4 is 0 Å². The summed E-state index contributed by atoms with van der Waals surface area (Å²) in [4.78, 5) is 18.3. The van der Waals surface area contributed by atoms with Gasteiger partial charge in [-0.1, -0.05) is 18.2 Å². The summed E-state index contributed by atoms with van der Waals surface area (Å²) < 4.78 is 5.07. The highest BCUT2D eigenvalue weighted by Gasteiger charge is 2.16. The molecule has 0 aliphatic carbocycles. The van der Waals surface area contributed by atoms with Crippen LogP contribution in [-0.2, 0) is 4.79 Å². The Morgan fingerprint density at radius 2 is 2.10 bits per heavy atom. The van der Waals surface area contributed by atoms with E-state index in [0.29, 0.717) is 5.56 Å². The van der Waals surface area contributed by atoms with Crippen LogP contribution in [0.5, 0.6) is 5.95 Å². The second-order valence-electron chi connectivity index (χ2n) is 3.89. The van der Waals surface area contributed by atoms with Gasteiger partial charge in [-0.05, 0) is 12.1 Å². The maximum atomic E-state index is 10.7. The van der Waals surface area contributed by atoms with Crippen LogP contribution in [0.1, 0.15) is 5.69 Å². The van der Waals surface area contributed by atoms with E-state index in [0.717, 1.165) is 6.21 Å². The van der Waals surface area contributed by atoms with E-state index in [4.69, 9.17) is 14.6 Å². The zero-order valence-corrected chi connectivity index (χ0v) is 10.3. The highest BCUT2D eigenvalue weighted by atomic mass is 16.5. The first kappa shape index (κ1) is 13.8. The number of carbonyl (C=O) groups is 1. The molecule has 7 heteroatoms. The highest BCUT2D eigenvalue weighted by Crippen LogP contribution is 2.25. The molecule has 0 saturated heterocycles. The molecular formula is C13H12N2O5. The smallest absolute Gasteiger partial charge is 0.330 e. The third kappa shape index (κ3) is 3.01. The zero-order valence-electron chi connectivity index (χ0n) is 10.3. The minimum absolute atomic E-state index is 0.00329. The first-order valence-corrected chi connectivity index (χ1v) is 5.74. The third-order valence-electron chi connectivity index (χ3n) is 2.49. The number of hydrogen-bond donors (Lipinski definition) is 3. The molecule has 0 spiro atoms. The molecular weight excluding hydrogens is 264 g/mol. The Balaban J connectivity index is 2.24. The molecule has 0 bridgehead atoms. The Hall–Kier alpha value is -2.67. The van der Waals surface area contributed by atoms with Crippen LogP contribution in [0.4, 0.5) is 0 Å². The summed E-state index contributed by atoms with van der Waals surface area (Å²) in [6.45, 7) is -0.643. The molecule has 0 saturated carbocycles. The second kappa shape index (κ2) is 5.98. The molecule has 1 aromatic heterocycles. The van der Waals surface area contributed by atoms with E-state index < -0.39 is 24.6 Å². The van der Waals surface area contributed by atoms with Crippen molar-refractivity contribution in [3.63, 3.8) is 0 Å². The number of nitrogens with zero attached hydrogens (tertiary/aromatic N) is 2. The van der Waals surface area contributed by atoms with Crippen molar-refractivity contribution in [3.05, 3.63) is 36.0 Å². The Bertz CT molecular complexity index is 621. The summed E-state index contributed by atoms with van der Waals surface area (Å²) in [7, 11) is 0. The van der Waals surface area contributed by atoms with E-state index >= 15 is 0 Å². The Kier molecular flexibility index (Phi) is 4.11. The van der Waals surface area contributed by atoms with Crippen LogP contribution in [0.3, 0.4) is 0 Å². The fourth-order valence-electron chi connectivity index (χ4n) is 1.46. The molecule has 0 amide bonds. The normalized spacial score (nSPS) is 12.7. The number of carboxylic acid groups (broad SMARTS) is 1. The average molecular weight is 276 g/mol. The molecule has 104 valence electrons. The number of aromatic hydroxyl groups is 1. The summed E-state index contributed by atoms with van der Waals surface area (Å²) in [5.41, 5.74) is 0.669. The predicted molar refractivity (Wildman–Crippen MR) is 69.7 cm³/mol. The minimum atomic E-state index is -1.30. The molecule has 2 aromatic rings. The van der Waals surface area contributed by atoms with E-state index in [-0.39, 0.29) is 11.6 Å². The summed E-state index contributed by atoms with van der Waals surface area (Å²) in [5, 5.41) is 27.1. The minimum Gasteiger partial charge on any atom is -0.480 e. The Morgan fingerprint density at radius 1 is 1.40 bits per heavy atom. The van der Waals surface area contributed by atoms with Crippen molar-refractivity contribution in [2.24, 2.45) is 4.99 Å². The summed E-state index contributed by atoms with van der Waals surface area (Å²) in [6.07, 6.45) is 1.06. The highest BCUT2D eigenvalue weighted by molar-refractivity contribution is 5.84. The molecule has 2 rings (SSSR count). The van der Waals surface area contributed by atoms with Gasteiger partial charge in [-0.3, -0.25) is 4.99 Å². The molecule has 0 fully saturated rings. The first-order valence-electron chi connectivity index (χ1n) is 5.74. The largest absolute Gasteiger partial charge is 0.480 e. The van der Waals surface area contributed by atoms with Crippen LogP contribution in [-0.4, -0.2) is 45.1 Å². The van der Waals surface area contributed by atoms with Crippen molar-refractivity contribution >= 4 is 12.2 Å². The van der Waals surface area contributed by atoms with Gasteiger partial charge in [0.1, 0.15) is 0 Å². The van der Waals surface area contributed by atoms with Crippen molar-refractivity contribution in [3.8, 4) is 17.4 Å². The molecule has 7 nitrogen and oxygen atoms in total. The van der Waals surface area contributed by atoms with Crippen LogP contribution in [0.15, 0.2) is 39.7 Å². The second-order valence-corrected chi connectivity index (χ2v) is 3.89. The number of aromatic nitrogens is 1. The van der Waals surface area contributed by atoms with E-state index in [1.807, 2.05) is 6.07 Å². The van der Waals surface area contributed by atoms with Gasteiger partial charge in [-0.25, -0.2) is 9.78 Å². The quantitative estimate of drug-likeness (QED) is 0.699. The van der Waals surface area contributed by atoms with Crippen molar-refractivity contribution < 1.29 is 24.5 Å². The maximum absolute atomic E-state index is 10.7. The number of aliphatic hydroxyl groups excluding tert-OH is 1. The van der Waals surface area contributed by atoms with Gasteiger partial charge in [0.2, 0.25) is 5.89 Å². The van der Waals surface area contributed by atoms with E-state index in [9.17, 15) is 9.90 Å². The monoisotopic (exact) mass is 276 g/mol. The van der Waals surface area contributed by atoms with Crippen LogP contribution >= 0.6 is 0 Å². The summed E-state index contributed by atoms with van der Waals surface area (Å²) >= 11 is 0. The molecule has 0 aliphatic rings. The molecule has 1 unspecified atom stereocenters. The topological polar surface area (TPSA) is 116 Å². The van der Waals surface area contributed by atoms with Crippen LogP contribution in [0.25, 0.3) is 11.5 Å². The molecule has 1 atom stereocenters. The zero-order chi connectivity index (χ0) is 14.5. The molecule has 20 heavy (non-hydrogen) atoms. The van der Waals surface area contributed by atoms with E-state index in [2.05, 4.69) is 9.98 Å². The van der Waals surface area contributed by atoms with Gasteiger partial charge in [0.05, 0.1) is 12.8 Å². The molecule has 1 aromatic carbocycles. The van der Waals surface area contributed by atoms with Gasteiger partial charge in [0.15, 0.2) is 11.7 Å². The van der Waals surface area contributed by atoms with Crippen molar-refractivity contribution in [2.45, 2.75) is 6.04 Å². The average Bonchev–Trinajstić information content (AvgIpc) is 2.82. The lowest BCUT2D eigenvalue weighted by molar-refractivity contribution is -0.139. The first-order chi connectivity index (χ1) is 9.61. The molecule has 0 aliphatic heterocycles. The van der Waals surface area contributed by atoms with Gasteiger partial charge in [0, 0.05) is 5.56 Å². The number of benzene rings is 1. The van der Waals surface area contributed by atoms with Gasteiger partial charge < -0.3 is 19.7 Å². The van der Waals surface area contributed by atoms with Crippen molar-refractivity contribution in [1.82, 2.24) is 4.98 Å². The van der Waals surface area contributed by atoms with E-state index in [1.165, 1.54) is 0 Å². The third-order valence-corrected chi connectivity index (χ3v) is 2.49. The molecule has 3 N–H and O–H groups in total. The van der Waals surface area contributed by atoms with Gasteiger partial charge >= 0.3 is 11.9 Å². The number of carboxylic acids is 1. The summed E-state index contributed by atoms with van der Waals surface area (Å²) in [5.74, 6) is -1.54. The predicted octanol–water partition coefficient (Wildman–Crippen LogP) is 0.912. The number of aliphatic carboxylic acids is 1. The lowest BCUT2D eigenvalue weighted by Gasteiger charge is -2.00. The van der Waals surface area contributed by atoms with Crippen LogP contribution in [0.2, 0.25) is 0 Å². The van der Waals surface area contributed by atoms with Crippen LogP contribution in [0, 0.1) is 0 Å². The SMILES string of the molecule is O=C(O)C(CO)N=Cc1nc(-c2ccccc2)oc1O. The van der Waals surface area contributed by atoms with E-state index in [1.54, 1.807) is 24.3 Å². The number of oxazole rings is 1. The van der Waals surface area contributed by atoms with Gasteiger partial charge in [0.25, 0.3) is 0 Å². The number of hydrogen-bond acceptors (Lipinski definition) is 6. The standard InChI is InChI=1S/C13H12N2O5/c16-7-10(12(17)18)14-6-9-13(19)20-11(15-9)8-4-2-1-3-5-8/h1-6,10,16,19H,7H2,(H,17,18). The fraction of sp³-hybridized carbons (Fsp3) is 0.154. The number of aliphatic imine (C=N–C) groups is 1.